The van der Waals surface area contributed by atoms with E-state index in [0.29, 0.717) is 22.0 Å². The number of urea groups is 1. The van der Waals surface area contributed by atoms with Gasteiger partial charge in [-0.25, -0.2) is 4.79 Å². The molecule has 2 N–H and O–H groups in total. The van der Waals surface area contributed by atoms with Crippen LogP contribution in [-0.4, -0.2) is 23.9 Å². The number of amides is 3. The van der Waals surface area contributed by atoms with Crippen LogP contribution in [0.25, 0.3) is 0 Å². The maximum absolute atomic E-state index is 12.9. The summed E-state index contributed by atoms with van der Waals surface area (Å²) in [6.45, 7) is 1.77. The van der Waals surface area contributed by atoms with Gasteiger partial charge < -0.3 is 15.5 Å². The van der Waals surface area contributed by atoms with Crippen molar-refractivity contribution in [1.29, 1.82) is 0 Å². The summed E-state index contributed by atoms with van der Waals surface area (Å²) in [5, 5.41) is 6.36. The number of nitrogens with zero attached hydrogens (tertiary/aromatic N) is 1. The number of allylic oxidation sites excluding steroid dienone is 1. The number of nitrogens with one attached hydrogen (secondary N) is 2. The van der Waals surface area contributed by atoms with E-state index < -0.39 is 6.04 Å². The molecule has 0 aromatic heterocycles. The summed E-state index contributed by atoms with van der Waals surface area (Å²) in [5.41, 5.74) is 2.59. The fraction of sp³-hybridized carbons (Fsp3) is 0.158. The van der Waals surface area contributed by atoms with Crippen LogP contribution in [0, 0.1) is 0 Å². The lowest BCUT2D eigenvalue weighted by atomic mass is 9.94. The van der Waals surface area contributed by atoms with Crippen LogP contribution >= 0.6 is 11.6 Å². The van der Waals surface area contributed by atoms with Crippen molar-refractivity contribution in [3.05, 3.63) is 76.5 Å². The summed E-state index contributed by atoms with van der Waals surface area (Å²) < 4.78 is 0. The molecule has 0 spiro atoms. The normalized spacial score (nSPS) is 17.3. The Labute approximate surface area is 151 Å². The Morgan fingerprint density at radius 1 is 1.12 bits per heavy atom. The molecule has 3 amide bonds. The van der Waals surface area contributed by atoms with Gasteiger partial charge in [-0.05, 0) is 36.8 Å². The highest BCUT2D eigenvalue weighted by Crippen LogP contribution is 2.31. The van der Waals surface area contributed by atoms with Gasteiger partial charge in [-0.2, -0.15) is 0 Å². The number of anilines is 1. The van der Waals surface area contributed by atoms with Gasteiger partial charge in [0, 0.05) is 23.5 Å². The molecule has 2 aromatic carbocycles. The summed E-state index contributed by atoms with van der Waals surface area (Å²) >= 11 is 5.95. The number of rotatable bonds is 3. The van der Waals surface area contributed by atoms with Crippen molar-refractivity contribution in [2.24, 2.45) is 0 Å². The van der Waals surface area contributed by atoms with E-state index in [9.17, 15) is 9.59 Å². The van der Waals surface area contributed by atoms with Gasteiger partial charge in [0.05, 0.1) is 11.6 Å². The Hall–Kier alpha value is -2.79. The van der Waals surface area contributed by atoms with Gasteiger partial charge in [0.2, 0.25) is 0 Å². The van der Waals surface area contributed by atoms with E-state index in [0.717, 1.165) is 5.56 Å². The SMILES string of the molecule is CC1=C(C(=O)Nc2ccccc2)C(c2ccc(Cl)cc2)NC(=O)N1C. The van der Waals surface area contributed by atoms with Crippen LogP contribution in [0.3, 0.4) is 0 Å². The third kappa shape index (κ3) is 3.51. The van der Waals surface area contributed by atoms with Crippen LogP contribution in [0.15, 0.2) is 65.9 Å². The van der Waals surface area contributed by atoms with Gasteiger partial charge in [0.25, 0.3) is 5.91 Å². The molecule has 1 aliphatic heterocycles. The van der Waals surface area contributed by atoms with E-state index in [-0.39, 0.29) is 11.9 Å². The molecule has 2 aromatic rings. The van der Waals surface area contributed by atoms with E-state index >= 15 is 0 Å². The summed E-state index contributed by atoms with van der Waals surface area (Å²) in [6, 6.07) is 15.5. The van der Waals surface area contributed by atoms with Crippen LogP contribution in [0.2, 0.25) is 5.02 Å². The number of carbonyl (C=O) groups is 2. The Balaban J connectivity index is 1.99. The Morgan fingerprint density at radius 2 is 1.76 bits per heavy atom. The van der Waals surface area contributed by atoms with E-state index in [4.69, 9.17) is 11.6 Å². The number of carbonyl (C=O) groups excluding carboxylic acids is 2. The molecule has 0 radical (unpaired) electrons. The van der Waals surface area contributed by atoms with Crippen molar-refractivity contribution in [2.75, 3.05) is 12.4 Å². The molecular weight excluding hydrogens is 338 g/mol. The molecule has 0 aliphatic carbocycles. The molecule has 0 bridgehead atoms. The standard InChI is InChI=1S/C19H18ClN3O2/c1-12-16(18(24)21-15-6-4-3-5-7-15)17(22-19(25)23(12)2)13-8-10-14(20)11-9-13/h3-11,17H,1-2H3,(H,21,24)(H,22,25). The van der Waals surface area contributed by atoms with Gasteiger partial charge in [-0.3, -0.25) is 4.79 Å². The first-order valence-electron chi connectivity index (χ1n) is 7.84. The second kappa shape index (κ2) is 6.99. The Bertz CT molecular complexity index is 832. The van der Waals surface area contributed by atoms with E-state index in [1.54, 1.807) is 26.1 Å². The minimum Gasteiger partial charge on any atom is -0.327 e. The average molecular weight is 356 g/mol. The van der Waals surface area contributed by atoms with Crippen molar-refractivity contribution in [1.82, 2.24) is 10.2 Å². The third-order valence-corrected chi connectivity index (χ3v) is 4.49. The van der Waals surface area contributed by atoms with E-state index in [2.05, 4.69) is 10.6 Å². The van der Waals surface area contributed by atoms with E-state index in [1.165, 1.54) is 4.90 Å². The van der Waals surface area contributed by atoms with Crippen molar-refractivity contribution in [2.45, 2.75) is 13.0 Å². The van der Waals surface area contributed by atoms with Crippen LogP contribution < -0.4 is 10.6 Å². The van der Waals surface area contributed by atoms with Crippen molar-refractivity contribution in [3.8, 4) is 0 Å². The summed E-state index contributed by atoms with van der Waals surface area (Å²) in [5.74, 6) is -0.254. The minimum atomic E-state index is -0.537. The molecule has 0 saturated carbocycles. The number of hydrogen-bond donors (Lipinski definition) is 2. The molecule has 3 rings (SSSR count). The minimum absolute atomic E-state index is 0.254. The zero-order valence-corrected chi connectivity index (χ0v) is 14.7. The lowest BCUT2D eigenvalue weighted by molar-refractivity contribution is -0.113. The zero-order chi connectivity index (χ0) is 18.0. The number of para-hydroxylation sites is 1. The number of halogens is 1. The van der Waals surface area contributed by atoms with Crippen molar-refractivity contribution in [3.63, 3.8) is 0 Å². The number of benzene rings is 2. The zero-order valence-electron chi connectivity index (χ0n) is 13.9. The summed E-state index contributed by atoms with van der Waals surface area (Å²) in [7, 11) is 1.64. The molecule has 25 heavy (non-hydrogen) atoms. The number of hydrogen-bond acceptors (Lipinski definition) is 2. The molecule has 5 nitrogen and oxygen atoms in total. The quantitative estimate of drug-likeness (QED) is 0.875. The fourth-order valence-electron chi connectivity index (χ4n) is 2.75. The highest BCUT2D eigenvalue weighted by Gasteiger charge is 2.34. The predicted molar refractivity (Wildman–Crippen MR) is 98.3 cm³/mol. The van der Waals surface area contributed by atoms with Crippen LogP contribution in [-0.2, 0) is 4.79 Å². The first-order valence-corrected chi connectivity index (χ1v) is 8.22. The molecule has 1 atom stereocenters. The highest BCUT2D eigenvalue weighted by molar-refractivity contribution is 6.30. The van der Waals surface area contributed by atoms with Gasteiger partial charge in [-0.15, -0.1) is 0 Å². The molecule has 1 heterocycles. The smallest absolute Gasteiger partial charge is 0.322 e. The Morgan fingerprint density at radius 3 is 2.40 bits per heavy atom. The average Bonchev–Trinajstić information content (AvgIpc) is 2.61. The second-order valence-electron chi connectivity index (χ2n) is 5.81. The van der Waals surface area contributed by atoms with Gasteiger partial charge in [0.15, 0.2) is 0 Å². The van der Waals surface area contributed by atoms with Gasteiger partial charge >= 0.3 is 6.03 Å². The Kier molecular flexibility index (Phi) is 4.76. The lowest BCUT2D eigenvalue weighted by Crippen LogP contribution is -2.46. The van der Waals surface area contributed by atoms with Gasteiger partial charge in [0.1, 0.15) is 0 Å². The maximum atomic E-state index is 12.9. The monoisotopic (exact) mass is 355 g/mol. The highest BCUT2D eigenvalue weighted by atomic mass is 35.5. The first-order chi connectivity index (χ1) is 12.0. The first kappa shape index (κ1) is 17.0. The molecule has 128 valence electrons. The summed E-state index contributed by atoms with van der Waals surface area (Å²) in [6.07, 6.45) is 0. The van der Waals surface area contributed by atoms with Gasteiger partial charge in [-0.1, -0.05) is 41.9 Å². The molecular formula is C19H18ClN3O2. The van der Waals surface area contributed by atoms with Crippen LogP contribution in [0.1, 0.15) is 18.5 Å². The summed E-state index contributed by atoms with van der Waals surface area (Å²) in [4.78, 5) is 26.5. The van der Waals surface area contributed by atoms with E-state index in [1.807, 2.05) is 42.5 Å². The maximum Gasteiger partial charge on any atom is 0.322 e. The van der Waals surface area contributed by atoms with Crippen LogP contribution in [0.5, 0.6) is 0 Å². The lowest BCUT2D eigenvalue weighted by Gasteiger charge is -2.33. The fourth-order valence-corrected chi connectivity index (χ4v) is 2.88. The second-order valence-corrected chi connectivity index (χ2v) is 6.25. The molecule has 0 fully saturated rings. The van der Waals surface area contributed by atoms with Crippen molar-refractivity contribution < 1.29 is 9.59 Å². The predicted octanol–water partition coefficient (Wildman–Crippen LogP) is 3.95. The van der Waals surface area contributed by atoms with Crippen LogP contribution in [0.4, 0.5) is 10.5 Å². The molecule has 6 heteroatoms. The topological polar surface area (TPSA) is 61.4 Å². The molecule has 1 aliphatic rings. The molecule has 0 saturated heterocycles. The largest absolute Gasteiger partial charge is 0.327 e. The third-order valence-electron chi connectivity index (χ3n) is 4.23. The van der Waals surface area contributed by atoms with Crippen molar-refractivity contribution >= 4 is 29.2 Å². The molecule has 1 unspecified atom stereocenters.